The lowest BCUT2D eigenvalue weighted by molar-refractivity contribution is 0.0927. The van der Waals surface area contributed by atoms with Crippen LogP contribution < -0.4 is 5.32 Å². The molecule has 0 bridgehead atoms. The number of hydrogen-bond donors (Lipinski definition) is 1. The Labute approximate surface area is 100 Å². The molecule has 17 heavy (non-hydrogen) atoms. The van der Waals surface area contributed by atoms with Gasteiger partial charge < -0.3 is 10.1 Å². The van der Waals surface area contributed by atoms with Gasteiger partial charge in [-0.3, -0.25) is 4.79 Å². The molecular weight excluding hydrogens is 221 g/mol. The highest BCUT2D eigenvalue weighted by Gasteiger charge is 2.03. The largest absolute Gasteiger partial charge is 0.375 e. The van der Waals surface area contributed by atoms with Gasteiger partial charge in [-0.1, -0.05) is 12.2 Å². The summed E-state index contributed by atoms with van der Waals surface area (Å²) in [6.07, 6.45) is 0. The predicted molar refractivity (Wildman–Crippen MR) is 64.4 cm³/mol. The van der Waals surface area contributed by atoms with Crippen molar-refractivity contribution in [2.24, 2.45) is 0 Å². The second kappa shape index (κ2) is 6.81. The molecule has 0 aromatic heterocycles. The molecule has 92 valence electrons. The van der Waals surface area contributed by atoms with Gasteiger partial charge in [0, 0.05) is 12.1 Å². The summed E-state index contributed by atoms with van der Waals surface area (Å²) in [4.78, 5) is 11.5. The van der Waals surface area contributed by atoms with Crippen molar-refractivity contribution in [2.75, 3.05) is 19.8 Å². The van der Waals surface area contributed by atoms with Crippen LogP contribution in [0.4, 0.5) is 4.39 Å². The van der Waals surface area contributed by atoms with Crippen LogP contribution in [0.2, 0.25) is 0 Å². The van der Waals surface area contributed by atoms with E-state index in [1.165, 1.54) is 24.3 Å². The average molecular weight is 237 g/mol. The zero-order valence-electron chi connectivity index (χ0n) is 9.83. The van der Waals surface area contributed by atoms with Crippen LogP contribution in [0.15, 0.2) is 36.4 Å². The Morgan fingerprint density at radius 1 is 1.41 bits per heavy atom. The first-order valence-electron chi connectivity index (χ1n) is 5.35. The molecule has 0 spiro atoms. The van der Waals surface area contributed by atoms with Crippen LogP contribution in [0.25, 0.3) is 0 Å². The third-order valence-electron chi connectivity index (χ3n) is 1.99. The van der Waals surface area contributed by atoms with Crippen molar-refractivity contribution >= 4 is 5.91 Å². The van der Waals surface area contributed by atoms with Crippen LogP contribution >= 0.6 is 0 Å². The number of carbonyl (C=O) groups excluding carboxylic acids is 1. The second-order valence-electron chi connectivity index (χ2n) is 3.77. The Hall–Kier alpha value is -1.68. The molecule has 0 radical (unpaired) electrons. The van der Waals surface area contributed by atoms with Gasteiger partial charge in [-0.25, -0.2) is 4.39 Å². The molecule has 1 amide bonds. The smallest absolute Gasteiger partial charge is 0.251 e. The van der Waals surface area contributed by atoms with Crippen molar-refractivity contribution in [3.8, 4) is 0 Å². The normalized spacial score (nSPS) is 10.0. The van der Waals surface area contributed by atoms with Crippen LogP contribution in [-0.4, -0.2) is 25.7 Å². The number of nitrogens with one attached hydrogen (secondary N) is 1. The van der Waals surface area contributed by atoms with E-state index in [1.807, 2.05) is 6.92 Å². The Morgan fingerprint density at radius 2 is 2.06 bits per heavy atom. The maximum Gasteiger partial charge on any atom is 0.251 e. The highest BCUT2D eigenvalue weighted by atomic mass is 19.1. The molecule has 4 heteroatoms. The van der Waals surface area contributed by atoms with Gasteiger partial charge in [0.25, 0.3) is 5.91 Å². The summed E-state index contributed by atoms with van der Waals surface area (Å²) in [5.41, 5.74) is 1.38. The first kappa shape index (κ1) is 13.4. The highest BCUT2D eigenvalue weighted by Crippen LogP contribution is 2.02. The molecule has 3 nitrogen and oxygen atoms in total. The van der Waals surface area contributed by atoms with Gasteiger partial charge in [0.15, 0.2) is 0 Å². The molecule has 1 rings (SSSR count). The van der Waals surface area contributed by atoms with E-state index in [4.69, 9.17) is 4.74 Å². The zero-order chi connectivity index (χ0) is 12.7. The molecule has 0 unspecified atom stereocenters. The molecule has 0 saturated heterocycles. The number of hydrogen-bond acceptors (Lipinski definition) is 2. The second-order valence-corrected chi connectivity index (χ2v) is 3.77. The predicted octanol–water partition coefficient (Wildman–Crippen LogP) is 2.15. The van der Waals surface area contributed by atoms with Crippen LogP contribution in [0, 0.1) is 5.82 Å². The van der Waals surface area contributed by atoms with E-state index in [2.05, 4.69) is 11.9 Å². The Kier molecular flexibility index (Phi) is 5.36. The highest BCUT2D eigenvalue weighted by molar-refractivity contribution is 5.94. The SMILES string of the molecule is C=C(C)COCCNC(=O)c1ccc(F)cc1. The molecule has 0 fully saturated rings. The van der Waals surface area contributed by atoms with Gasteiger partial charge in [-0.2, -0.15) is 0 Å². The quantitative estimate of drug-likeness (QED) is 0.608. The van der Waals surface area contributed by atoms with E-state index in [0.717, 1.165) is 5.57 Å². The monoisotopic (exact) mass is 237 g/mol. The van der Waals surface area contributed by atoms with Crippen molar-refractivity contribution in [3.05, 3.63) is 47.8 Å². The van der Waals surface area contributed by atoms with E-state index in [1.54, 1.807) is 0 Å². The maximum absolute atomic E-state index is 12.6. The molecule has 0 atom stereocenters. The van der Waals surface area contributed by atoms with Gasteiger partial charge in [-0.15, -0.1) is 0 Å². The molecular formula is C13H16FNO2. The number of rotatable bonds is 6. The van der Waals surface area contributed by atoms with E-state index < -0.39 is 0 Å². The molecule has 1 aromatic carbocycles. The third-order valence-corrected chi connectivity index (χ3v) is 1.99. The van der Waals surface area contributed by atoms with E-state index in [9.17, 15) is 9.18 Å². The Balaban J connectivity index is 2.25. The van der Waals surface area contributed by atoms with E-state index in [0.29, 0.717) is 25.3 Å². The fourth-order valence-corrected chi connectivity index (χ4v) is 1.19. The minimum Gasteiger partial charge on any atom is -0.375 e. The Morgan fingerprint density at radius 3 is 2.65 bits per heavy atom. The molecule has 1 aromatic rings. The molecule has 0 saturated carbocycles. The molecule has 0 aliphatic carbocycles. The maximum atomic E-state index is 12.6. The average Bonchev–Trinajstić information content (AvgIpc) is 2.29. The molecule has 0 heterocycles. The fourth-order valence-electron chi connectivity index (χ4n) is 1.19. The van der Waals surface area contributed by atoms with Crippen LogP contribution in [0.3, 0.4) is 0 Å². The number of ether oxygens (including phenoxy) is 1. The van der Waals surface area contributed by atoms with Crippen LogP contribution in [0.5, 0.6) is 0 Å². The number of benzene rings is 1. The molecule has 1 N–H and O–H groups in total. The molecule has 0 aliphatic heterocycles. The van der Waals surface area contributed by atoms with Gasteiger partial charge in [0.05, 0.1) is 13.2 Å². The summed E-state index contributed by atoms with van der Waals surface area (Å²) in [5, 5.41) is 2.68. The zero-order valence-corrected chi connectivity index (χ0v) is 9.83. The van der Waals surface area contributed by atoms with Crippen molar-refractivity contribution in [3.63, 3.8) is 0 Å². The van der Waals surface area contributed by atoms with Gasteiger partial charge >= 0.3 is 0 Å². The fraction of sp³-hybridized carbons (Fsp3) is 0.308. The van der Waals surface area contributed by atoms with Crippen LogP contribution in [0.1, 0.15) is 17.3 Å². The third kappa shape index (κ3) is 5.26. The van der Waals surface area contributed by atoms with Gasteiger partial charge in [0.1, 0.15) is 5.82 Å². The summed E-state index contributed by atoms with van der Waals surface area (Å²) in [7, 11) is 0. The Bertz CT molecular complexity index is 387. The topological polar surface area (TPSA) is 38.3 Å². The van der Waals surface area contributed by atoms with Gasteiger partial charge in [-0.05, 0) is 31.2 Å². The standard InChI is InChI=1S/C13H16FNO2/c1-10(2)9-17-8-7-15-13(16)11-3-5-12(14)6-4-11/h3-6H,1,7-9H2,2H3,(H,15,16). The first-order chi connectivity index (χ1) is 8.09. The van der Waals surface area contributed by atoms with E-state index in [-0.39, 0.29) is 11.7 Å². The van der Waals surface area contributed by atoms with Crippen LogP contribution in [-0.2, 0) is 4.74 Å². The lowest BCUT2D eigenvalue weighted by atomic mass is 10.2. The number of carbonyl (C=O) groups is 1. The van der Waals surface area contributed by atoms with E-state index >= 15 is 0 Å². The first-order valence-corrected chi connectivity index (χ1v) is 5.35. The summed E-state index contributed by atoms with van der Waals surface area (Å²) in [6, 6.07) is 5.40. The van der Waals surface area contributed by atoms with Crippen molar-refractivity contribution in [2.45, 2.75) is 6.92 Å². The number of amides is 1. The summed E-state index contributed by atoms with van der Waals surface area (Å²) in [6.45, 7) is 6.91. The summed E-state index contributed by atoms with van der Waals surface area (Å²) >= 11 is 0. The van der Waals surface area contributed by atoms with Crippen molar-refractivity contribution < 1.29 is 13.9 Å². The van der Waals surface area contributed by atoms with Crippen molar-refractivity contribution in [1.29, 1.82) is 0 Å². The molecule has 0 aliphatic rings. The van der Waals surface area contributed by atoms with Gasteiger partial charge in [0.2, 0.25) is 0 Å². The minimum atomic E-state index is -0.355. The summed E-state index contributed by atoms with van der Waals surface area (Å²) in [5.74, 6) is -0.588. The van der Waals surface area contributed by atoms with Crippen molar-refractivity contribution in [1.82, 2.24) is 5.32 Å². The lowest BCUT2D eigenvalue weighted by Crippen LogP contribution is -2.27. The lowest BCUT2D eigenvalue weighted by Gasteiger charge is -2.06. The number of halogens is 1. The minimum absolute atomic E-state index is 0.232. The summed E-state index contributed by atoms with van der Waals surface area (Å²) < 4.78 is 17.8.